The Morgan fingerprint density at radius 1 is 1.00 bits per heavy atom. The third kappa shape index (κ3) is 1.63. The summed E-state index contributed by atoms with van der Waals surface area (Å²) >= 11 is 0. The van der Waals surface area contributed by atoms with Crippen LogP contribution >= 0.6 is 0 Å². The summed E-state index contributed by atoms with van der Waals surface area (Å²) in [6.45, 7) is 4.73. The highest BCUT2D eigenvalue weighted by Crippen LogP contribution is 2.57. The van der Waals surface area contributed by atoms with Crippen LogP contribution in [-0.2, 0) is 5.41 Å². The molecule has 0 saturated heterocycles. The van der Waals surface area contributed by atoms with E-state index < -0.39 is 0 Å². The first-order valence-corrected chi connectivity index (χ1v) is 8.16. The second-order valence-electron chi connectivity index (χ2n) is 7.15. The summed E-state index contributed by atoms with van der Waals surface area (Å²) < 4.78 is 0. The van der Waals surface area contributed by atoms with E-state index >= 15 is 0 Å². The third-order valence-corrected chi connectivity index (χ3v) is 6.17. The van der Waals surface area contributed by atoms with Gasteiger partial charge >= 0.3 is 0 Å². The van der Waals surface area contributed by atoms with Crippen LogP contribution in [-0.4, -0.2) is 10.5 Å². The molecule has 1 fully saturated rings. The third-order valence-electron chi connectivity index (χ3n) is 6.17. The summed E-state index contributed by atoms with van der Waals surface area (Å²) in [5.41, 5.74) is 5.25. The summed E-state index contributed by atoms with van der Waals surface area (Å²) in [5.74, 6) is 6.53. The van der Waals surface area contributed by atoms with Crippen molar-refractivity contribution in [3.05, 3.63) is 48.3 Å². The van der Waals surface area contributed by atoms with Crippen LogP contribution < -0.4 is 10.9 Å². The van der Waals surface area contributed by atoms with Crippen LogP contribution in [0.3, 0.4) is 0 Å². The number of rotatable bonds is 1. The molecule has 1 aromatic carbocycles. The lowest BCUT2D eigenvalue weighted by Crippen LogP contribution is -2.59. The average molecular weight is 293 g/mol. The fourth-order valence-electron chi connectivity index (χ4n) is 4.48. The fourth-order valence-corrected chi connectivity index (χ4v) is 4.48. The summed E-state index contributed by atoms with van der Waals surface area (Å²) in [6.07, 6.45) is 8.64. The molecule has 2 N–H and O–H groups in total. The van der Waals surface area contributed by atoms with E-state index in [4.69, 9.17) is 5.84 Å². The maximum atomic E-state index is 6.53. The zero-order chi connectivity index (χ0) is 15.4. The van der Waals surface area contributed by atoms with E-state index in [9.17, 15) is 0 Å². The van der Waals surface area contributed by atoms with Crippen molar-refractivity contribution in [1.29, 1.82) is 0 Å². The second-order valence-corrected chi connectivity index (χ2v) is 7.15. The van der Waals surface area contributed by atoms with Gasteiger partial charge in [-0.15, -0.1) is 0 Å². The number of nitrogens with zero attached hydrogens (tertiary/aromatic N) is 2. The molecule has 0 radical (unpaired) electrons. The molecule has 1 aromatic heterocycles. The van der Waals surface area contributed by atoms with Gasteiger partial charge in [-0.25, -0.2) is 5.84 Å². The first kappa shape index (κ1) is 13.8. The van der Waals surface area contributed by atoms with E-state index in [2.05, 4.69) is 49.2 Å². The molecule has 114 valence electrons. The van der Waals surface area contributed by atoms with E-state index in [1.165, 1.54) is 48.1 Å². The minimum atomic E-state index is 0.0322. The van der Waals surface area contributed by atoms with Gasteiger partial charge in [-0.3, -0.25) is 4.98 Å². The molecule has 0 spiro atoms. The molecule has 2 unspecified atom stereocenters. The maximum Gasteiger partial charge on any atom is 0.0627 e. The van der Waals surface area contributed by atoms with Gasteiger partial charge in [0.1, 0.15) is 0 Å². The number of pyridine rings is 1. The summed E-state index contributed by atoms with van der Waals surface area (Å²) in [7, 11) is 0. The van der Waals surface area contributed by atoms with Gasteiger partial charge in [0.05, 0.1) is 11.2 Å². The van der Waals surface area contributed by atoms with Crippen LogP contribution in [0, 0.1) is 0 Å². The Bertz CT molecular complexity index is 712. The van der Waals surface area contributed by atoms with Crippen molar-refractivity contribution in [3.8, 4) is 11.1 Å². The van der Waals surface area contributed by atoms with Crippen molar-refractivity contribution >= 4 is 5.69 Å². The minimum Gasteiger partial charge on any atom is -0.304 e. The topological polar surface area (TPSA) is 42.1 Å². The number of hydrogen-bond donors (Lipinski definition) is 1. The Hall–Kier alpha value is -1.87. The zero-order valence-electron chi connectivity index (χ0n) is 13.3. The minimum absolute atomic E-state index is 0.0322. The van der Waals surface area contributed by atoms with E-state index in [1.54, 1.807) is 0 Å². The first-order valence-electron chi connectivity index (χ1n) is 8.16. The molecule has 2 atom stereocenters. The Balaban J connectivity index is 1.88. The lowest BCUT2D eigenvalue weighted by atomic mass is 9.62. The zero-order valence-corrected chi connectivity index (χ0v) is 13.3. The normalized spacial score (nSPS) is 30.0. The van der Waals surface area contributed by atoms with Crippen LogP contribution in [0.2, 0.25) is 0 Å². The van der Waals surface area contributed by atoms with Gasteiger partial charge in [0, 0.05) is 17.8 Å². The van der Waals surface area contributed by atoms with Crippen LogP contribution in [0.5, 0.6) is 0 Å². The monoisotopic (exact) mass is 293 g/mol. The van der Waals surface area contributed by atoms with Crippen molar-refractivity contribution in [2.75, 3.05) is 5.01 Å². The van der Waals surface area contributed by atoms with Crippen LogP contribution in [0.1, 0.15) is 45.1 Å². The van der Waals surface area contributed by atoms with Gasteiger partial charge in [0.25, 0.3) is 0 Å². The van der Waals surface area contributed by atoms with Crippen molar-refractivity contribution in [3.63, 3.8) is 0 Å². The highest BCUT2D eigenvalue weighted by molar-refractivity contribution is 5.74. The Morgan fingerprint density at radius 3 is 2.50 bits per heavy atom. The molecular weight excluding hydrogens is 270 g/mol. The van der Waals surface area contributed by atoms with Crippen molar-refractivity contribution in [2.24, 2.45) is 5.84 Å². The van der Waals surface area contributed by atoms with E-state index in [0.717, 1.165) is 0 Å². The molecule has 3 heteroatoms. The Morgan fingerprint density at radius 2 is 1.73 bits per heavy atom. The molecule has 1 saturated carbocycles. The predicted octanol–water partition coefficient (Wildman–Crippen LogP) is 4.03. The fraction of sp³-hybridized carbons (Fsp3) is 0.421. The number of anilines is 1. The second kappa shape index (κ2) is 4.56. The first-order chi connectivity index (χ1) is 10.6. The molecule has 0 amide bonds. The summed E-state index contributed by atoms with van der Waals surface area (Å²) in [6, 6.07) is 10.9. The van der Waals surface area contributed by atoms with Crippen LogP contribution in [0.15, 0.2) is 42.7 Å². The quantitative estimate of drug-likeness (QED) is 0.807. The average Bonchev–Trinajstić information content (AvgIpc) is 2.74. The van der Waals surface area contributed by atoms with Crippen LogP contribution in [0.4, 0.5) is 5.69 Å². The largest absolute Gasteiger partial charge is 0.304 e. The number of nitrogens with two attached hydrogens (primary N) is 1. The van der Waals surface area contributed by atoms with E-state index in [1.807, 2.05) is 17.4 Å². The lowest BCUT2D eigenvalue weighted by Gasteiger charge is -2.48. The molecule has 2 heterocycles. The highest BCUT2D eigenvalue weighted by Gasteiger charge is 2.56. The molecule has 4 rings (SSSR count). The summed E-state index contributed by atoms with van der Waals surface area (Å²) in [5, 5.41) is 2.04. The molecule has 22 heavy (non-hydrogen) atoms. The number of fused-ring (bicyclic) bond motifs is 3. The predicted molar refractivity (Wildman–Crippen MR) is 90.6 cm³/mol. The smallest absolute Gasteiger partial charge is 0.0627 e. The number of hydrogen-bond acceptors (Lipinski definition) is 3. The molecule has 1 aliphatic heterocycles. The maximum absolute atomic E-state index is 6.53. The highest BCUT2D eigenvalue weighted by atomic mass is 15.5. The van der Waals surface area contributed by atoms with Gasteiger partial charge in [-0.2, -0.15) is 0 Å². The van der Waals surface area contributed by atoms with Gasteiger partial charge in [-0.1, -0.05) is 25.8 Å². The molecule has 1 aliphatic carbocycles. The SMILES string of the molecule is CC12CCCCC1(C)N(N)c1ccc(-c3ccncc3)cc12. The standard InChI is InChI=1S/C19H23N3/c1-18-9-3-4-10-19(18,2)22(20)17-6-5-15(13-16(17)18)14-7-11-21-12-8-14/h5-8,11-13H,3-4,9-10,20H2,1-2H3. The molecule has 3 nitrogen and oxygen atoms in total. The van der Waals surface area contributed by atoms with E-state index in [-0.39, 0.29) is 11.0 Å². The van der Waals surface area contributed by atoms with Gasteiger partial charge in [-0.05, 0) is 60.7 Å². The lowest BCUT2D eigenvalue weighted by molar-refractivity contribution is 0.184. The van der Waals surface area contributed by atoms with Crippen LogP contribution in [0.25, 0.3) is 11.1 Å². The number of aromatic nitrogens is 1. The van der Waals surface area contributed by atoms with Crippen molar-refractivity contribution in [1.82, 2.24) is 4.98 Å². The van der Waals surface area contributed by atoms with Crippen molar-refractivity contribution < 1.29 is 0 Å². The molecule has 0 bridgehead atoms. The van der Waals surface area contributed by atoms with Gasteiger partial charge in [0.15, 0.2) is 0 Å². The Labute approximate surface area is 132 Å². The number of hydrazine groups is 1. The van der Waals surface area contributed by atoms with Crippen molar-refractivity contribution in [2.45, 2.75) is 50.5 Å². The van der Waals surface area contributed by atoms with Gasteiger partial charge < -0.3 is 5.01 Å². The summed E-state index contributed by atoms with van der Waals surface area (Å²) in [4.78, 5) is 4.12. The molecule has 2 aliphatic rings. The molecular formula is C19H23N3. The number of benzene rings is 1. The van der Waals surface area contributed by atoms with E-state index in [0.29, 0.717) is 0 Å². The Kier molecular flexibility index (Phi) is 2.85. The van der Waals surface area contributed by atoms with Gasteiger partial charge in [0.2, 0.25) is 0 Å². The molecule has 2 aromatic rings.